The Morgan fingerprint density at radius 3 is 2.84 bits per heavy atom. The van der Waals surface area contributed by atoms with Crippen LogP contribution in [0.25, 0.3) is 0 Å². The van der Waals surface area contributed by atoms with Crippen molar-refractivity contribution in [2.45, 2.75) is 38.3 Å². The Morgan fingerprint density at radius 2 is 2.21 bits per heavy atom. The van der Waals surface area contributed by atoms with Gasteiger partial charge in [0.25, 0.3) is 0 Å². The first kappa shape index (κ1) is 14.6. The molecular weight excluding hydrogens is 264 g/mol. The van der Waals surface area contributed by atoms with Crippen molar-refractivity contribution >= 4 is 10.0 Å². The number of rotatable bonds is 9. The van der Waals surface area contributed by atoms with Gasteiger partial charge in [-0.1, -0.05) is 0 Å². The molecule has 0 atom stereocenters. The first-order valence-electron chi connectivity index (χ1n) is 6.78. The second-order valence-electron chi connectivity index (χ2n) is 5.09. The summed E-state index contributed by atoms with van der Waals surface area (Å²) in [4.78, 5) is 0. The van der Waals surface area contributed by atoms with Crippen molar-refractivity contribution in [1.82, 2.24) is 9.62 Å². The molecule has 0 radical (unpaired) electrons. The molecule has 0 saturated heterocycles. The van der Waals surface area contributed by atoms with E-state index in [1.165, 1.54) is 17.1 Å². The zero-order valence-electron chi connectivity index (χ0n) is 11.3. The van der Waals surface area contributed by atoms with Crippen molar-refractivity contribution in [2.24, 2.45) is 0 Å². The first-order valence-corrected chi connectivity index (χ1v) is 8.38. The molecule has 0 aromatic carbocycles. The lowest BCUT2D eigenvalue weighted by atomic mass is 10.3. The standard InChI is InChI=1S/C13H22N2O3S/c1-15(11-13-5-4-9-18-13)19(16,17)10-3-2-8-14-12-6-7-12/h4-5,9,12,14H,2-3,6-8,10-11H2,1H3. The largest absolute Gasteiger partial charge is 0.468 e. The molecule has 19 heavy (non-hydrogen) atoms. The topological polar surface area (TPSA) is 62.6 Å². The van der Waals surface area contributed by atoms with Crippen LogP contribution in [0.3, 0.4) is 0 Å². The van der Waals surface area contributed by atoms with Crippen molar-refractivity contribution in [2.75, 3.05) is 19.3 Å². The Morgan fingerprint density at radius 1 is 1.42 bits per heavy atom. The van der Waals surface area contributed by atoms with Crippen LogP contribution in [-0.4, -0.2) is 38.1 Å². The van der Waals surface area contributed by atoms with Crippen molar-refractivity contribution in [3.8, 4) is 0 Å². The van der Waals surface area contributed by atoms with Crippen LogP contribution in [0, 0.1) is 0 Å². The number of unbranched alkanes of at least 4 members (excludes halogenated alkanes) is 1. The van der Waals surface area contributed by atoms with Crippen LogP contribution in [-0.2, 0) is 16.6 Å². The number of sulfonamides is 1. The molecule has 5 nitrogen and oxygen atoms in total. The number of nitrogens with one attached hydrogen (secondary N) is 1. The highest BCUT2D eigenvalue weighted by molar-refractivity contribution is 7.89. The maximum Gasteiger partial charge on any atom is 0.214 e. The highest BCUT2D eigenvalue weighted by Crippen LogP contribution is 2.18. The summed E-state index contributed by atoms with van der Waals surface area (Å²) in [7, 11) is -1.58. The van der Waals surface area contributed by atoms with E-state index in [-0.39, 0.29) is 5.75 Å². The van der Waals surface area contributed by atoms with Gasteiger partial charge >= 0.3 is 0 Å². The lowest BCUT2D eigenvalue weighted by Crippen LogP contribution is -2.29. The van der Waals surface area contributed by atoms with Crippen LogP contribution < -0.4 is 5.32 Å². The molecule has 1 aliphatic carbocycles. The fourth-order valence-corrected chi connectivity index (χ4v) is 3.08. The molecule has 0 spiro atoms. The molecule has 0 aliphatic heterocycles. The van der Waals surface area contributed by atoms with Gasteiger partial charge in [-0.2, -0.15) is 4.31 Å². The van der Waals surface area contributed by atoms with E-state index < -0.39 is 10.0 Å². The highest BCUT2D eigenvalue weighted by Gasteiger charge is 2.20. The Labute approximate surface area is 115 Å². The minimum absolute atomic E-state index is 0.205. The van der Waals surface area contributed by atoms with E-state index in [2.05, 4.69) is 5.32 Å². The summed E-state index contributed by atoms with van der Waals surface area (Å²) >= 11 is 0. The predicted molar refractivity (Wildman–Crippen MR) is 74.2 cm³/mol. The van der Waals surface area contributed by atoms with Crippen LogP contribution in [0.1, 0.15) is 31.4 Å². The zero-order chi connectivity index (χ0) is 13.7. The lowest BCUT2D eigenvalue weighted by molar-refractivity contribution is 0.405. The van der Waals surface area contributed by atoms with Gasteiger partial charge in [0.1, 0.15) is 5.76 Å². The van der Waals surface area contributed by atoms with Gasteiger partial charge in [0.05, 0.1) is 18.6 Å². The maximum absolute atomic E-state index is 12.0. The zero-order valence-corrected chi connectivity index (χ0v) is 12.2. The Bertz CT molecular complexity index is 466. The van der Waals surface area contributed by atoms with Gasteiger partial charge < -0.3 is 9.73 Å². The van der Waals surface area contributed by atoms with Crippen LogP contribution in [0.4, 0.5) is 0 Å². The van der Waals surface area contributed by atoms with Gasteiger partial charge in [0, 0.05) is 13.1 Å². The molecule has 1 N–H and O–H groups in total. The molecule has 1 aliphatic rings. The summed E-state index contributed by atoms with van der Waals surface area (Å²) in [6, 6.07) is 4.24. The molecule has 1 heterocycles. The van der Waals surface area contributed by atoms with Gasteiger partial charge in [-0.15, -0.1) is 0 Å². The minimum atomic E-state index is -3.18. The normalized spacial score (nSPS) is 16.1. The summed E-state index contributed by atoms with van der Waals surface area (Å²) in [6.45, 7) is 1.22. The molecule has 1 fully saturated rings. The summed E-state index contributed by atoms with van der Waals surface area (Å²) < 4.78 is 30.6. The first-order chi connectivity index (χ1) is 9.08. The van der Waals surface area contributed by atoms with Crippen molar-refractivity contribution < 1.29 is 12.8 Å². The van der Waals surface area contributed by atoms with Gasteiger partial charge in [-0.3, -0.25) is 0 Å². The van der Waals surface area contributed by atoms with E-state index in [1.807, 2.05) is 0 Å². The number of furan rings is 1. The lowest BCUT2D eigenvalue weighted by Gasteiger charge is -2.15. The van der Waals surface area contributed by atoms with E-state index in [4.69, 9.17) is 4.42 Å². The molecule has 1 aromatic heterocycles. The van der Waals surface area contributed by atoms with Crippen molar-refractivity contribution in [1.29, 1.82) is 0 Å². The molecule has 0 bridgehead atoms. The van der Waals surface area contributed by atoms with Crippen molar-refractivity contribution in [3.05, 3.63) is 24.2 Å². The molecule has 2 rings (SSSR count). The molecule has 108 valence electrons. The van der Waals surface area contributed by atoms with E-state index in [0.29, 0.717) is 24.8 Å². The fraction of sp³-hybridized carbons (Fsp3) is 0.692. The number of hydrogen-bond donors (Lipinski definition) is 1. The summed E-state index contributed by atoms with van der Waals surface area (Å²) in [6.07, 6.45) is 5.70. The molecule has 6 heteroatoms. The Hall–Kier alpha value is -0.850. The molecule has 0 amide bonds. The van der Waals surface area contributed by atoms with E-state index in [9.17, 15) is 8.42 Å². The Balaban J connectivity index is 1.67. The molecular formula is C13H22N2O3S. The summed E-state index contributed by atoms with van der Waals surface area (Å²) in [5.41, 5.74) is 0. The fourth-order valence-electron chi connectivity index (χ4n) is 1.88. The molecule has 1 aromatic rings. The number of hydrogen-bond acceptors (Lipinski definition) is 4. The van der Waals surface area contributed by atoms with E-state index in [0.717, 1.165) is 13.0 Å². The van der Waals surface area contributed by atoms with Crippen LogP contribution >= 0.6 is 0 Å². The van der Waals surface area contributed by atoms with Crippen LogP contribution in [0.5, 0.6) is 0 Å². The third-order valence-corrected chi connectivity index (χ3v) is 5.16. The second kappa shape index (κ2) is 6.54. The number of nitrogens with zero attached hydrogens (tertiary/aromatic N) is 1. The predicted octanol–water partition coefficient (Wildman–Crippen LogP) is 1.57. The molecule has 0 unspecified atom stereocenters. The third-order valence-electron chi connectivity index (χ3n) is 3.27. The van der Waals surface area contributed by atoms with E-state index >= 15 is 0 Å². The second-order valence-corrected chi connectivity index (χ2v) is 7.28. The third kappa shape index (κ3) is 4.97. The van der Waals surface area contributed by atoms with E-state index in [1.54, 1.807) is 25.4 Å². The van der Waals surface area contributed by atoms with Gasteiger partial charge in [0.15, 0.2) is 0 Å². The monoisotopic (exact) mass is 286 g/mol. The quantitative estimate of drug-likeness (QED) is 0.700. The smallest absolute Gasteiger partial charge is 0.214 e. The maximum atomic E-state index is 12.0. The van der Waals surface area contributed by atoms with Gasteiger partial charge in [0.2, 0.25) is 10.0 Å². The summed E-state index contributed by atoms with van der Waals surface area (Å²) in [5.74, 6) is 0.873. The Kier molecular flexibility index (Phi) is 5.01. The SMILES string of the molecule is CN(Cc1ccco1)S(=O)(=O)CCCCNC1CC1. The van der Waals surface area contributed by atoms with Crippen LogP contribution in [0.2, 0.25) is 0 Å². The average molecular weight is 286 g/mol. The summed E-state index contributed by atoms with van der Waals surface area (Å²) in [5, 5.41) is 3.39. The van der Waals surface area contributed by atoms with Crippen molar-refractivity contribution in [3.63, 3.8) is 0 Å². The average Bonchev–Trinajstić information content (AvgIpc) is 3.04. The molecule has 1 saturated carbocycles. The van der Waals surface area contributed by atoms with Crippen LogP contribution in [0.15, 0.2) is 22.8 Å². The minimum Gasteiger partial charge on any atom is -0.468 e. The van der Waals surface area contributed by atoms with Gasteiger partial charge in [-0.25, -0.2) is 8.42 Å². The van der Waals surface area contributed by atoms with Gasteiger partial charge in [-0.05, 0) is 44.4 Å². The highest BCUT2D eigenvalue weighted by atomic mass is 32.2.